The average Bonchev–Trinajstić information content (AvgIpc) is 2.97. The van der Waals surface area contributed by atoms with Crippen LogP contribution in [0.25, 0.3) is 10.9 Å². The van der Waals surface area contributed by atoms with Crippen molar-refractivity contribution in [2.24, 2.45) is 5.73 Å². The molecule has 0 spiro atoms. The van der Waals surface area contributed by atoms with Gasteiger partial charge in [0.2, 0.25) is 0 Å². The number of halogens is 1. The van der Waals surface area contributed by atoms with E-state index in [4.69, 9.17) is 10.5 Å². The maximum Gasteiger partial charge on any atom is 0.165 e. The van der Waals surface area contributed by atoms with E-state index in [0.717, 1.165) is 36.6 Å². The average molecular weight is 262 g/mol. The molecule has 0 radical (unpaired) electrons. The van der Waals surface area contributed by atoms with Crippen molar-refractivity contribution in [2.75, 3.05) is 7.11 Å². The van der Waals surface area contributed by atoms with Gasteiger partial charge in [0.1, 0.15) is 0 Å². The van der Waals surface area contributed by atoms with Gasteiger partial charge in [0.25, 0.3) is 0 Å². The van der Waals surface area contributed by atoms with Gasteiger partial charge in [0.05, 0.1) is 18.8 Å². The van der Waals surface area contributed by atoms with Crippen LogP contribution < -0.4 is 10.5 Å². The van der Waals surface area contributed by atoms with Gasteiger partial charge in [-0.2, -0.15) is 0 Å². The van der Waals surface area contributed by atoms with Crippen LogP contribution in [-0.2, 0) is 12.8 Å². The second-order valence-electron chi connectivity index (χ2n) is 5.13. The normalized spacial score (nSPS) is 15.8. The van der Waals surface area contributed by atoms with Crippen molar-refractivity contribution in [3.05, 3.63) is 29.2 Å². The van der Waals surface area contributed by atoms with Crippen molar-refractivity contribution < 1.29 is 9.13 Å². The number of fused-ring (bicyclic) bond motifs is 3. The number of aromatic nitrogens is 1. The van der Waals surface area contributed by atoms with E-state index in [1.807, 2.05) is 0 Å². The van der Waals surface area contributed by atoms with Crippen molar-refractivity contribution in [1.82, 2.24) is 4.57 Å². The van der Waals surface area contributed by atoms with Crippen molar-refractivity contribution in [3.63, 3.8) is 0 Å². The van der Waals surface area contributed by atoms with Gasteiger partial charge < -0.3 is 15.0 Å². The number of nitrogens with zero attached hydrogens (tertiary/aromatic N) is 1. The zero-order valence-corrected chi connectivity index (χ0v) is 11.4. The van der Waals surface area contributed by atoms with Crippen LogP contribution in [0, 0.1) is 5.82 Å². The lowest BCUT2D eigenvalue weighted by Gasteiger charge is -2.17. The maximum atomic E-state index is 13.9. The zero-order valence-electron chi connectivity index (χ0n) is 11.4. The summed E-state index contributed by atoms with van der Waals surface area (Å²) in [7, 11) is 1.49. The molecule has 1 aromatic heterocycles. The van der Waals surface area contributed by atoms with Crippen LogP contribution in [0.15, 0.2) is 12.1 Å². The number of hydrogen-bond donors (Lipinski definition) is 1. The first kappa shape index (κ1) is 12.5. The molecule has 2 aromatic rings. The lowest BCUT2D eigenvalue weighted by atomic mass is 10.1. The topological polar surface area (TPSA) is 40.2 Å². The number of ether oxygens (including phenoxy) is 1. The fourth-order valence-electron chi connectivity index (χ4n) is 3.13. The highest BCUT2D eigenvalue weighted by Gasteiger charge is 2.25. The summed E-state index contributed by atoms with van der Waals surface area (Å²) in [6.07, 6.45) is 3.98. The minimum Gasteiger partial charge on any atom is -0.494 e. The van der Waals surface area contributed by atoms with Gasteiger partial charge in [0.15, 0.2) is 11.6 Å². The van der Waals surface area contributed by atoms with Crippen LogP contribution in [0.4, 0.5) is 4.39 Å². The van der Waals surface area contributed by atoms with E-state index in [-0.39, 0.29) is 17.7 Å². The van der Waals surface area contributed by atoms with E-state index < -0.39 is 0 Å². The second kappa shape index (κ2) is 4.53. The molecule has 1 aromatic carbocycles. The molecule has 2 N–H and O–H groups in total. The lowest BCUT2D eigenvalue weighted by molar-refractivity contribution is 0.387. The van der Waals surface area contributed by atoms with Crippen molar-refractivity contribution in [1.29, 1.82) is 0 Å². The predicted octanol–water partition coefficient (Wildman–Crippen LogP) is 3.15. The molecular weight excluding hydrogens is 243 g/mol. The summed E-state index contributed by atoms with van der Waals surface area (Å²) in [5, 5.41) is 0.995. The molecule has 3 nitrogen and oxygen atoms in total. The standard InChI is InChI=1S/C15H19FN2O/c1-3-15(17)18-12-6-4-5-9(12)10-7-11(16)14(19-2)8-13(10)18/h7-8,15H,3-6,17H2,1-2H3. The van der Waals surface area contributed by atoms with Gasteiger partial charge >= 0.3 is 0 Å². The number of hydrogen-bond acceptors (Lipinski definition) is 2. The largest absolute Gasteiger partial charge is 0.494 e. The summed E-state index contributed by atoms with van der Waals surface area (Å²) in [6.45, 7) is 2.07. The minimum absolute atomic E-state index is 0.0560. The Morgan fingerprint density at radius 2 is 2.21 bits per heavy atom. The first-order chi connectivity index (χ1) is 9.17. The summed E-state index contributed by atoms with van der Waals surface area (Å²) in [6, 6.07) is 3.37. The first-order valence-corrected chi connectivity index (χ1v) is 6.82. The molecule has 1 aliphatic carbocycles. The summed E-state index contributed by atoms with van der Waals surface area (Å²) in [5.74, 6) is -0.0138. The van der Waals surface area contributed by atoms with E-state index in [1.54, 1.807) is 12.1 Å². The Kier molecular flexibility index (Phi) is 2.97. The van der Waals surface area contributed by atoms with Crippen LogP contribution >= 0.6 is 0 Å². The highest BCUT2D eigenvalue weighted by molar-refractivity contribution is 5.87. The van der Waals surface area contributed by atoms with Gasteiger partial charge in [-0.05, 0) is 37.3 Å². The Morgan fingerprint density at radius 3 is 2.89 bits per heavy atom. The van der Waals surface area contributed by atoms with Gasteiger partial charge in [-0.25, -0.2) is 4.39 Å². The molecule has 3 rings (SSSR count). The highest BCUT2D eigenvalue weighted by Crippen LogP contribution is 2.37. The Labute approximate surface area is 112 Å². The predicted molar refractivity (Wildman–Crippen MR) is 74.0 cm³/mol. The van der Waals surface area contributed by atoms with Crippen LogP contribution in [0.5, 0.6) is 5.75 Å². The first-order valence-electron chi connectivity index (χ1n) is 6.82. The van der Waals surface area contributed by atoms with Crippen LogP contribution in [0.1, 0.15) is 37.2 Å². The second-order valence-corrected chi connectivity index (χ2v) is 5.13. The fourth-order valence-corrected chi connectivity index (χ4v) is 3.13. The molecule has 1 heterocycles. The van der Waals surface area contributed by atoms with Crippen molar-refractivity contribution in [3.8, 4) is 5.75 Å². The third-order valence-corrected chi connectivity index (χ3v) is 4.08. The third kappa shape index (κ3) is 1.74. The zero-order chi connectivity index (χ0) is 13.6. The molecule has 1 aliphatic rings. The number of aryl methyl sites for hydroxylation is 1. The summed E-state index contributed by atoms with van der Waals surface area (Å²) in [5.41, 5.74) is 9.77. The Bertz CT molecular complexity index is 633. The van der Waals surface area contributed by atoms with Crippen LogP contribution in [0.3, 0.4) is 0 Å². The molecule has 0 fully saturated rings. The van der Waals surface area contributed by atoms with Gasteiger partial charge in [-0.1, -0.05) is 6.92 Å². The summed E-state index contributed by atoms with van der Waals surface area (Å²) < 4.78 is 21.2. The molecule has 0 bridgehead atoms. The number of rotatable bonds is 3. The fraction of sp³-hybridized carbons (Fsp3) is 0.467. The SMILES string of the molecule is CCC(N)n1c2c(c3cc(F)c(OC)cc31)CCC2. The Balaban J connectivity index is 2.33. The molecule has 1 unspecified atom stereocenters. The highest BCUT2D eigenvalue weighted by atomic mass is 19.1. The van der Waals surface area contributed by atoms with E-state index in [2.05, 4.69) is 11.5 Å². The maximum absolute atomic E-state index is 13.9. The van der Waals surface area contributed by atoms with E-state index in [0.29, 0.717) is 0 Å². The van der Waals surface area contributed by atoms with Gasteiger partial charge in [0, 0.05) is 17.1 Å². The van der Waals surface area contributed by atoms with E-state index in [1.165, 1.54) is 18.4 Å². The molecule has 19 heavy (non-hydrogen) atoms. The molecule has 0 aliphatic heterocycles. The molecule has 0 saturated carbocycles. The third-order valence-electron chi connectivity index (χ3n) is 4.08. The van der Waals surface area contributed by atoms with E-state index in [9.17, 15) is 4.39 Å². The molecule has 102 valence electrons. The smallest absolute Gasteiger partial charge is 0.165 e. The molecule has 0 saturated heterocycles. The Hall–Kier alpha value is -1.55. The summed E-state index contributed by atoms with van der Waals surface area (Å²) >= 11 is 0. The molecule has 4 heteroatoms. The summed E-state index contributed by atoms with van der Waals surface area (Å²) in [4.78, 5) is 0. The quantitative estimate of drug-likeness (QED) is 0.923. The lowest BCUT2D eigenvalue weighted by Crippen LogP contribution is -2.19. The molecular formula is C15H19FN2O. The molecule has 1 atom stereocenters. The molecule has 0 amide bonds. The number of nitrogens with two attached hydrogens (primary N) is 1. The Morgan fingerprint density at radius 1 is 1.42 bits per heavy atom. The van der Waals surface area contributed by atoms with E-state index >= 15 is 0 Å². The van der Waals surface area contributed by atoms with Crippen molar-refractivity contribution >= 4 is 10.9 Å². The van der Waals surface area contributed by atoms with Crippen molar-refractivity contribution in [2.45, 2.75) is 38.8 Å². The van der Waals surface area contributed by atoms with Crippen LogP contribution in [0.2, 0.25) is 0 Å². The van der Waals surface area contributed by atoms with Gasteiger partial charge in [-0.3, -0.25) is 0 Å². The number of benzene rings is 1. The number of methoxy groups -OCH3 is 1. The minimum atomic E-state index is -0.299. The van der Waals surface area contributed by atoms with Gasteiger partial charge in [-0.15, -0.1) is 0 Å². The monoisotopic (exact) mass is 262 g/mol. The van der Waals surface area contributed by atoms with Crippen LogP contribution in [-0.4, -0.2) is 11.7 Å².